The van der Waals surface area contributed by atoms with E-state index in [9.17, 15) is 14.7 Å². The molecule has 0 saturated carbocycles. The largest absolute Gasteiger partial charge is 0.549 e. The van der Waals surface area contributed by atoms with E-state index in [1.54, 1.807) is 24.4 Å². The number of rotatable bonds is 4. The molecule has 0 radical (unpaired) electrons. The first kappa shape index (κ1) is 11.7. The van der Waals surface area contributed by atoms with Crippen LogP contribution in [0.1, 0.15) is 18.7 Å². The topological polar surface area (TPSA) is 66.4 Å². The van der Waals surface area contributed by atoms with Crippen LogP contribution in [0.5, 0.6) is 0 Å². The average Bonchev–Trinajstić information content (AvgIpc) is 2.69. The second-order valence-electron chi connectivity index (χ2n) is 3.11. The second kappa shape index (κ2) is 4.44. The first-order valence-electron chi connectivity index (χ1n) is 4.46. The third kappa shape index (κ3) is 2.02. The Balaban J connectivity index is 3.10. The van der Waals surface area contributed by atoms with Crippen LogP contribution >= 0.6 is 11.3 Å². The molecule has 82 valence electrons. The van der Waals surface area contributed by atoms with Gasteiger partial charge in [-0.25, -0.2) is 0 Å². The van der Waals surface area contributed by atoms with Crippen molar-refractivity contribution in [2.24, 2.45) is 0 Å². The molecular formula is C10H11O4S-. The average molecular weight is 227 g/mol. The number of aliphatic carboxylic acids is 1. The van der Waals surface area contributed by atoms with Crippen LogP contribution in [0, 0.1) is 0 Å². The molecule has 4 nitrogen and oxygen atoms in total. The van der Waals surface area contributed by atoms with Gasteiger partial charge in [0.2, 0.25) is 0 Å². The summed E-state index contributed by atoms with van der Waals surface area (Å²) in [6.07, 6.45) is 0. The van der Waals surface area contributed by atoms with Gasteiger partial charge in [0, 0.05) is 4.88 Å². The Morgan fingerprint density at radius 2 is 2.27 bits per heavy atom. The molecule has 5 heteroatoms. The number of hydrogen-bond donors (Lipinski definition) is 0. The Kier molecular flexibility index (Phi) is 3.47. The lowest BCUT2D eigenvalue weighted by Gasteiger charge is -2.26. The Morgan fingerprint density at radius 3 is 2.67 bits per heavy atom. The number of thiophene rings is 1. The molecule has 0 amide bonds. The minimum absolute atomic E-state index is 0.146. The van der Waals surface area contributed by atoms with Gasteiger partial charge in [-0.05, 0) is 25.3 Å². The van der Waals surface area contributed by atoms with Gasteiger partial charge in [0.05, 0.1) is 12.6 Å². The van der Waals surface area contributed by atoms with Gasteiger partial charge in [-0.3, -0.25) is 4.79 Å². The van der Waals surface area contributed by atoms with E-state index in [0.717, 1.165) is 0 Å². The number of carboxylic acids is 1. The Labute approximate surface area is 91.5 Å². The van der Waals surface area contributed by atoms with Crippen molar-refractivity contribution in [3.05, 3.63) is 22.4 Å². The van der Waals surface area contributed by atoms with Gasteiger partial charge in [-0.15, -0.1) is 11.3 Å². The fraction of sp³-hybridized carbons (Fsp3) is 0.400. The SMILES string of the molecule is CCOC(=O)C(C)(C(=O)[O-])c1cccs1. The molecule has 0 aliphatic heterocycles. The first-order chi connectivity index (χ1) is 7.03. The molecular weight excluding hydrogens is 216 g/mol. The van der Waals surface area contributed by atoms with Gasteiger partial charge < -0.3 is 14.6 Å². The van der Waals surface area contributed by atoms with Crippen molar-refractivity contribution in [3.63, 3.8) is 0 Å². The summed E-state index contributed by atoms with van der Waals surface area (Å²) in [7, 11) is 0. The molecule has 0 aliphatic carbocycles. The maximum absolute atomic E-state index is 11.6. The fourth-order valence-corrected chi connectivity index (χ4v) is 1.99. The van der Waals surface area contributed by atoms with E-state index in [0.29, 0.717) is 4.88 Å². The van der Waals surface area contributed by atoms with Gasteiger partial charge in [-0.1, -0.05) is 6.07 Å². The maximum atomic E-state index is 11.6. The maximum Gasteiger partial charge on any atom is 0.322 e. The van der Waals surface area contributed by atoms with Crippen LogP contribution in [0.25, 0.3) is 0 Å². The summed E-state index contributed by atoms with van der Waals surface area (Å²) in [6, 6.07) is 3.26. The van der Waals surface area contributed by atoms with Gasteiger partial charge in [0.15, 0.2) is 0 Å². The monoisotopic (exact) mass is 227 g/mol. The molecule has 1 atom stereocenters. The third-order valence-electron chi connectivity index (χ3n) is 2.11. The van der Waals surface area contributed by atoms with Crippen LogP contribution < -0.4 is 5.11 Å². The number of carbonyl (C=O) groups excluding carboxylic acids is 2. The van der Waals surface area contributed by atoms with E-state index in [4.69, 9.17) is 4.74 Å². The Bertz CT molecular complexity index is 358. The molecule has 15 heavy (non-hydrogen) atoms. The lowest BCUT2D eigenvalue weighted by atomic mass is 9.89. The molecule has 0 N–H and O–H groups in total. The Hall–Kier alpha value is -1.36. The molecule has 1 unspecified atom stereocenters. The summed E-state index contributed by atoms with van der Waals surface area (Å²) in [4.78, 5) is 23.0. The standard InChI is InChI=1S/C10H12O4S/c1-3-14-9(13)10(2,8(11)12)7-5-4-6-15-7/h4-6H,3H2,1-2H3,(H,11,12)/p-1. The minimum atomic E-state index is -1.70. The van der Waals surface area contributed by atoms with Crippen LogP contribution in [-0.4, -0.2) is 18.5 Å². The molecule has 0 aliphatic rings. The van der Waals surface area contributed by atoms with E-state index in [1.165, 1.54) is 18.3 Å². The van der Waals surface area contributed by atoms with Crippen molar-refractivity contribution < 1.29 is 19.4 Å². The smallest absolute Gasteiger partial charge is 0.322 e. The first-order valence-corrected chi connectivity index (χ1v) is 5.34. The van der Waals surface area contributed by atoms with Gasteiger partial charge in [0.1, 0.15) is 5.41 Å². The number of hydrogen-bond acceptors (Lipinski definition) is 5. The van der Waals surface area contributed by atoms with Gasteiger partial charge in [-0.2, -0.15) is 0 Å². The number of carboxylic acid groups (broad SMARTS) is 1. The highest BCUT2D eigenvalue weighted by atomic mass is 32.1. The van der Waals surface area contributed by atoms with Crippen molar-refractivity contribution >= 4 is 23.3 Å². The molecule has 1 heterocycles. The summed E-state index contributed by atoms with van der Waals surface area (Å²) in [6.45, 7) is 3.07. The zero-order valence-corrected chi connectivity index (χ0v) is 9.30. The second-order valence-corrected chi connectivity index (χ2v) is 4.06. The quantitative estimate of drug-likeness (QED) is 0.548. The zero-order valence-electron chi connectivity index (χ0n) is 8.48. The van der Waals surface area contributed by atoms with Crippen molar-refractivity contribution in [1.29, 1.82) is 0 Å². The highest BCUT2D eigenvalue weighted by Gasteiger charge is 2.39. The summed E-state index contributed by atoms with van der Waals surface area (Å²) in [5.41, 5.74) is -1.70. The fourth-order valence-electron chi connectivity index (χ4n) is 1.12. The molecule has 0 bridgehead atoms. The summed E-state index contributed by atoms with van der Waals surface area (Å²) in [5, 5.41) is 12.7. The van der Waals surface area contributed by atoms with Crippen LogP contribution in [0.15, 0.2) is 17.5 Å². The molecule has 0 fully saturated rings. The molecule has 0 spiro atoms. The Morgan fingerprint density at radius 1 is 1.60 bits per heavy atom. The lowest BCUT2D eigenvalue weighted by Crippen LogP contribution is -2.49. The molecule has 1 aromatic rings. The summed E-state index contributed by atoms with van der Waals surface area (Å²) in [5.74, 6) is -2.23. The van der Waals surface area contributed by atoms with Crippen LogP contribution in [0.4, 0.5) is 0 Å². The van der Waals surface area contributed by atoms with Gasteiger partial charge >= 0.3 is 5.97 Å². The lowest BCUT2D eigenvalue weighted by molar-refractivity contribution is -0.312. The third-order valence-corrected chi connectivity index (χ3v) is 3.20. The van der Waals surface area contributed by atoms with E-state index >= 15 is 0 Å². The van der Waals surface area contributed by atoms with Crippen LogP contribution in [0.2, 0.25) is 0 Å². The number of ether oxygens (including phenoxy) is 1. The van der Waals surface area contributed by atoms with E-state index in [2.05, 4.69) is 0 Å². The number of esters is 1. The molecule has 1 rings (SSSR count). The van der Waals surface area contributed by atoms with Crippen LogP contribution in [-0.2, 0) is 19.7 Å². The highest BCUT2D eigenvalue weighted by Crippen LogP contribution is 2.28. The summed E-state index contributed by atoms with van der Waals surface area (Å²) >= 11 is 1.19. The minimum Gasteiger partial charge on any atom is -0.549 e. The summed E-state index contributed by atoms with van der Waals surface area (Å²) < 4.78 is 4.74. The van der Waals surface area contributed by atoms with E-state index < -0.39 is 17.4 Å². The van der Waals surface area contributed by atoms with Crippen molar-refractivity contribution in [2.75, 3.05) is 6.61 Å². The highest BCUT2D eigenvalue weighted by molar-refractivity contribution is 7.10. The molecule has 0 saturated heterocycles. The van der Waals surface area contributed by atoms with Crippen molar-refractivity contribution in [2.45, 2.75) is 19.3 Å². The van der Waals surface area contributed by atoms with Crippen molar-refractivity contribution in [1.82, 2.24) is 0 Å². The van der Waals surface area contributed by atoms with Crippen molar-refractivity contribution in [3.8, 4) is 0 Å². The predicted octanol–water partition coefficient (Wildman–Crippen LogP) is 0.319. The van der Waals surface area contributed by atoms with Gasteiger partial charge in [0.25, 0.3) is 0 Å². The molecule has 1 aromatic heterocycles. The van der Waals surface area contributed by atoms with E-state index in [-0.39, 0.29) is 6.61 Å². The number of carbonyl (C=O) groups is 2. The normalized spacial score (nSPS) is 14.3. The van der Waals surface area contributed by atoms with E-state index in [1.807, 2.05) is 0 Å². The zero-order chi connectivity index (χ0) is 11.5. The predicted molar refractivity (Wildman–Crippen MR) is 53.3 cm³/mol. The molecule has 0 aromatic carbocycles. The van der Waals surface area contributed by atoms with Crippen LogP contribution in [0.3, 0.4) is 0 Å².